The van der Waals surface area contributed by atoms with Crippen molar-refractivity contribution in [2.45, 2.75) is 0 Å². The van der Waals surface area contributed by atoms with E-state index in [9.17, 15) is 14.7 Å². The molecular weight excluding hydrogens is 341 g/mol. The van der Waals surface area contributed by atoms with Gasteiger partial charge in [-0.15, -0.1) is 0 Å². The van der Waals surface area contributed by atoms with Gasteiger partial charge in [0.05, 0.1) is 16.3 Å². The number of nitrogens with one attached hydrogen (secondary N) is 2. The van der Waals surface area contributed by atoms with Gasteiger partial charge in [-0.05, 0) is 35.9 Å². The molecule has 0 heterocycles. The van der Waals surface area contributed by atoms with Crippen molar-refractivity contribution in [3.8, 4) is 5.75 Å². The van der Waals surface area contributed by atoms with Crippen molar-refractivity contribution in [3.05, 3.63) is 58.1 Å². The second kappa shape index (κ2) is 7.62. The van der Waals surface area contributed by atoms with E-state index in [4.69, 9.17) is 23.2 Å². The molecule has 23 heavy (non-hydrogen) atoms. The average molecular weight is 352 g/mol. The van der Waals surface area contributed by atoms with Gasteiger partial charge < -0.3 is 10.4 Å². The fourth-order valence-electron chi connectivity index (χ4n) is 1.58. The number of phenolic OH excluding ortho intramolecular Hbond substituents is 1. The minimum Gasteiger partial charge on any atom is -0.508 e. The Hall–Kier alpha value is -2.57. The lowest BCUT2D eigenvalue weighted by Crippen LogP contribution is -2.32. The number of rotatable bonds is 3. The highest BCUT2D eigenvalue weighted by Crippen LogP contribution is 2.24. The third-order valence-electron chi connectivity index (χ3n) is 2.63. The van der Waals surface area contributed by atoms with Gasteiger partial charge in [-0.25, -0.2) is 5.43 Å². The fourth-order valence-corrected chi connectivity index (χ4v) is 1.88. The molecule has 0 saturated carbocycles. The van der Waals surface area contributed by atoms with Gasteiger partial charge in [-0.3, -0.25) is 9.59 Å². The van der Waals surface area contributed by atoms with Gasteiger partial charge in [0.25, 0.3) is 0 Å². The minimum absolute atomic E-state index is 0.0673. The summed E-state index contributed by atoms with van der Waals surface area (Å²) in [5, 5.41) is 15.9. The van der Waals surface area contributed by atoms with E-state index in [-0.39, 0.29) is 10.8 Å². The predicted molar refractivity (Wildman–Crippen MR) is 88.9 cm³/mol. The Morgan fingerprint density at radius 1 is 1.04 bits per heavy atom. The molecule has 8 heteroatoms. The average Bonchev–Trinajstić information content (AvgIpc) is 2.51. The largest absolute Gasteiger partial charge is 0.508 e. The molecule has 2 aromatic carbocycles. The second-order valence-electron chi connectivity index (χ2n) is 4.38. The van der Waals surface area contributed by atoms with Crippen LogP contribution in [0.4, 0.5) is 5.69 Å². The van der Waals surface area contributed by atoms with Crippen LogP contribution in [0.2, 0.25) is 10.0 Å². The monoisotopic (exact) mass is 351 g/mol. The van der Waals surface area contributed by atoms with Crippen molar-refractivity contribution < 1.29 is 14.7 Å². The van der Waals surface area contributed by atoms with E-state index in [1.807, 2.05) is 0 Å². The van der Waals surface area contributed by atoms with Crippen LogP contribution in [0, 0.1) is 0 Å². The van der Waals surface area contributed by atoms with Gasteiger partial charge in [-0.2, -0.15) is 5.10 Å². The number of amides is 2. The van der Waals surface area contributed by atoms with Gasteiger partial charge >= 0.3 is 11.8 Å². The summed E-state index contributed by atoms with van der Waals surface area (Å²) in [6, 6.07) is 10.7. The van der Waals surface area contributed by atoms with E-state index >= 15 is 0 Å². The van der Waals surface area contributed by atoms with E-state index in [1.54, 1.807) is 12.1 Å². The van der Waals surface area contributed by atoms with Crippen LogP contribution in [0.25, 0.3) is 0 Å². The van der Waals surface area contributed by atoms with Crippen LogP contribution in [-0.2, 0) is 9.59 Å². The lowest BCUT2D eigenvalue weighted by atomic mass is 10.2. The third-order valence-corrected chi connectivity index (χ3v) is 3.37. The topological polar surface area (TPSA) is 90.8 Å². The van der Waals surface area contributed by atoms with E-state index < -0.39 is 11.8 Å². The molecule has 0 aliphatic rings. The van der Waals surface area contributed by atoms with Gasteiger partial charge in [0, 0.05) is 5.69 Å². The molecule has 2 rings (SSSR count). The maximum atomic E-state index is 11.7. The molecule has 0 aliphatic heterocycles. The third kappa shape index (κ3) is 4.98. The number of phenols is 1. The predicted octanol–water partition coefficient (Wildman–Crippen LogP) is 2.79. The second-order valence-corrected chi connectivity index (χ2v) is 5.19. The molecule has 0 atom stereocenters. The summed E-state index contributed by atoms with van der Waals surface area (Å²) in [5.74, 6) is -1.79. The molecule has 0 radical (unpaired) electrons. The molecule has 0 spiro atoms. The number of nitrogens with zero attached hydrogens (tertiary/aromatic N) is 1. The number of benzene rings is 2. The van der Waals surface area contributed by atoms with Crippen molar-refractivity contribution in [1.82, 2.24) is 5.43 Å². The van der Waals surface area contributed by atoms with E-state index in [1.165, 1.54) is 36.5 Å². The van der Waals surface area contributed by atoms with E-state index in [2.05, 4.69) is 15.8 Å². The van der Waals surface area contributed by atoms with Crippen LogP contribution in [0.15, 0.2) is 47.6 Å². The molecule has 0 aliphatic carbocycles. The number of aromatic hydroxyl groups is 1. The number of carbonyl (C=O) groups is 2. The standard InChI is InChI=1S/C15H11Cl2N3O3/c16-12-5-4-10(7-13(12)17)19-14(22)15(23)20-18-8-9-2-1-3-11(21)6-9/h1-8,21H,(H,19,22)(H,20,23). The first-order chi connectivity index (χ1) is 11.0. The zero-order valence-corrected chi connectivity index (χ0v) is 13.1. The number of halogens is 2. The van der Waals surface area contributed by atoms with Gasteiger partial charge in [0.1, 0.15) is 5.75 Å². The Kier molecular flexibility index (Phi) is 5.56. The zero-order valence-electron chi connectivity index (χ0n) is 11.6. The minimum atomic E-state index is -0.951. The van der Waals surface area contributed by atoms with Crippen LogP contribution in [0.1, 0.15) is 5.56 Å². The van der Waals surface area contributed by atoms with E-state index in [0.29, 0.717) is 16.3 Å². The van der Waals surface area contributed by atoms with E-state index in [0.717, 1.165) is 0 Å². The van der Waals surface area contributed by atoms with Crippen LogP contribution < -0.4 is 10.7 Å². The maximum absolute atomic E-state index is 11.7. The number of hydrazone groups is 1. The molecule has 0 saturated heterocycles. The normalized spacial score (nSPS) is 10.5. The molecule has 2 aromatic rings. The van der Waals surface area contributed by atoms with Gasteiger partial charge in [0.2, 0.25) is 0 Å². The smallest absolute Gasteiger partial charge is 0.329 e. The van der Waals surface area contributed by atoms with Crippen molar-refractivity contribution in [3.63, 3.8) is 0 Å². The summed E-state index contributed by atoms with van der Waals surface area (Å²) in [7, 11) is 0. The van der Waals surface area contributed by atoms with Crippen molar-refractivity contribution in [1.29, 1.82) is 0 Å². The highest BCUT2D eigenvalue weighted by molar-refractivity contribution is 6.42. The quantitative estimate of drug-likeness (QED) is 0.451. The van der Waals surface area contributed by atoms with Crippen molar-refractivity contribution in [2.75, 3.05) is 5.32 Å². The first kappa shape index (κ1) is 16.8. The maximum Gasteiger partial charge on any atom is 0.329 e. The molecule has 6 nitrogen and oxygen atoms in total. The lowest BCUT2D eigenvalue weighted by Gasteiger charge is -2.05. The molecule has 0 aromatic heterocycles. The molecule has 0 unspecified atom stereocenters. The number of anilines is 1. The molecule has 0 fully saturated rings. The Morgan fingerprint density at radius 3 is 2.52 bits per heavy atom. The molecular formula is C15H11Cl2N3O3. The Labute approximate surface area is 141 Å². The molecule has 118 valence electrons. The first-order valence-electron chi connectivity index (χ1n) is 6.34. The Morgan fingerprint density at radius 2 is 1.83 bits per heavy atom. The summed E-state index contributed by atoms with van der Waals surface area (Å²) >= 11 is 11.6. The van der Waals surface area contributed by atoms with Gasteiger partial charge in [0.15, 0.2) is 0 Å². The summed E-state index contributed by atoms with van der Waals surface area (Å²) in [6.07, 6.45) is 1.30. The number of carbonyl (C=O) groups excluding carboxylic acids is 2. The molecule has 3 N–H and O–H groups in total. The highest BCUT2D eigenvalue weighted by Gasteiger charge is 2.13. The number of hydrogen-bond acceptors (Lipinski definition) is 4. The summed E-state index contributed by atoms with van der Waals surface area (Å²) in [6.45, 7) is 0. The molecule has 2 amide bonds. The summed E-state index contributed by atoms with van der Waals surface area (Å²) < 4.78 is 0. The molecule has 0 bridgehead atoms. The van der Waals surface area contributed by atoms with Crippen LogP contribution in [-0.4, -0.2) is 23.1 Å². The van der Waals surface area contributed by atoms with Gasteiger partial charge in [-0.1, -0.05) is 35.3 Å². The fraction of sp³-hybridized carbons (Fsp3) is 0. The van der Waals surface area contributed by atoms with Crippen LogP contribution in [0.5, 0.6) is 5.75 Å². The van der Waals surface area contributed by atoms with Crippen LogP contribution in [0.3, 0.4) is 0 Å². The van der Waals surface area contributed by atoms with Crippen molar-refractivity contribution >= 4 is 46.9 Å². The summed E-state index contributed by atoms with van der Waals surface area (Å²) in [5.41, 5.74) is 2.97. The number of hydrogen-bond donors (Lipinski definition) is 3. The first-order valence-corrected chi connectivity index (χ1v) is 7.10. The summed E-state index contributed by atoms with van der Waals surface area (Å²) in [4.78, 5) is 23.3. The highest BCUT2D eigenvalue weighted by atomic mass is 35.5. The van der Waals surface area contributed by atoms with Crippen LogP contribution >= 0.6 is 23.2 Å². The zero-order chi connectivity index (χ0) is 16.8. The van der Waals surface area contributed by atoms with Crippen molar-refractivity contribution in [2.24, 2.45) is 5.10 Å². The SMILES string of the molecule is O=C(NN=Cc1cccc(O)c1)C(=O)Nc1ccc(Cl)c(Cl)c1. The lowest BCUT2D eigenvalue weighted by molar-refractivity contribution is -0.136. The Bertz CT molecular complexity index is 778. The Balaban J connectivity index is 1.92.